The minimum atomic E-state index is -0.218. The lowest BCUT2D eigenvalue weighted by molar-refractivity contribution is -0.116. The molecule has 2 aromatic heterocycles. The second-order valence-electron chi connectivity index (χ2n) is 3.97. The normalized spacial score (nSPS) is 16.6. The first-order valence-electron chi connectivity index (χ1n) is 5.58. The minimum absolute atomic E-state index is 0.218. The van der Waals surface area contributed by atoms with Gasteiger partial charge in [-0.3, -0.25) is 9.78 Å². The summed E-state index contributed by atoms with van der Waals surface area (Å²) in [6, 6.07) is 5.56. The Kier molecular flexibility index (Phi) is 3.00. The Morgan fingerprint density at radius 3 is 2.95 bits per heavy atom. The minimum Gasteiger partial charge on any atom is -0.361 e. The number of rotatable bonds is 2. The van der Waals surface area contributed by atoms with E-state index in [9.17, 15) is 4.79 Å². The molecular weight excluding hydrogens is 308 g/mol. The predicted octanol–water partition coefficient (Wildman–Crippen LogP) is 2.09. The van der Waals surface area contributed by atoms with Gasteiger partial charge in [-0.2, -0.15) is 5.10 Å². The summed E-state index contributed by atoms with van der Waals surface area (Å²) in [7, 11) is 0. The summed E-state index contributed by atoms with van der Waals surface area (Å²) in [6.45, 7) is 0. The Bertz CT molecular complexity index is 688. The van der Waals surface area contributed by atoms with E-state index in [1.165, 1.54) is 0 Å². The quantitative estimate of drug-likeness (QED) is 0.833. The number of nitrogens with zero attached hydrogens (tertiary/aromatic N) is 2. The first-order chi connectivity index (χ1) is 9.24. The van der Waals surface area contributed by atoms with Gasteiger partial charge in [0.15, 0.2) is 0 Å². The molecule has 94 valence electrons. The van der Waals surface area contributed by atoms with Gasteiger partial charge in [0.1, 0.15) is 5.71 Å². The van der Waals surface area contributed by atoms with Crippen molar-refractivity contribution in [3.8, 4) is 0 Å². The average molecular weight is 317 g/mol. The number of carbonyl (C=O) groups is 1. The van der Waals surface area contributed by atoms with Crippen molar-refractivity contribution in [1.82, 2.24) is 15.4 Å². The maximum absolute atomic E-state index is 11.8. The summed E-state index contributed by atoms with van der Waals surface area (Å²) in [6.07, 6.45) is 6.93. The first-order valence-corrected chi connectivity index (χ1v) is 6.38. The number of aromatic amines is 1. The molecule has 5 nitrogen and oxygen atoms in total. The highest BCUT2D eigenvalue weighted by atomic mass is 79.9. The number of aromatic nitrogens is 2. The van der Waals surface area contributed by atoms with Crippen LogP contribution in [-0.2, 0) is 4.79 Å². The third-order valence-electron chi connectivity index (χ3n) is 2.67. The summed E-state index contributed by atoms with van der Waals surface area (Å²) in [5, 5.41) is 4.05. The summed E-state index contributed by atoms with van der Waals surface area (Å²) in [5.74, 6) is -0.218. The van der Waals surface area contributed by atoms with Gasteiger partial charge in [-0.25, -0.2) is 5.43 Å². The van der Waals surface area contributed by atoms with Gasteiger partial charge >= 0.3 is 0 Å². The van der Waals surface area contributed by atoms with Gasteiger partial charge in [0.05, 0.1) is 5.57 Å². The number of H-pyrrole nitrogens is 1. The number of nitrogens with one attached hydrogen (secondary N) is 2. The molecule has 0 spiro atoms. The molecule has 19 heavy (non-hydrogen) atoms. The number of hydrogen-bond donors (Lipinski definition) is 2. The van der Waals surface area contributed by atoms with Crippen LogP contribution in [-0.4, -0.2) is 21.6 Å². The van der Waals surface area contributed by atoms with Crippen molar-refractivity contribution < 1.29 is 4.79 Å². The van der Waals surface area contributed by atoms with Crippen LogP contribution < -0.4 is 5.43 Å². The second-order valence-corrected chi connectivity index (χ2v) is 4.89. The van der Waals surface area contributed by atoms with E-state index in [0.717, 1.165) is 15.7 Å². The fraction of sp³-hybridized carbons (Fsp3) is 0. The highest BCUT2D eigenvalue weighted by molar-refractivity contribution is 9.10. The average Bonchev–Trinajstić information content (AvgIpc) is 2.99. The molecule has 1 aliphatic rings. The van der Waals surface area contributed by atoms with Crippen LogP contribution in [0.15, 0.2) is 51.9 Å². The topological polar surface area (TPSA) is 70.1 Å². The van der Waals surface area contributed by atoms with Crippen molar-refractivity contribution in [3.63, 3.8) is 0 Å². The van der Waals surface area contributed by atoms with Crippen molar-refractivity contribution in [3.05, 3.63) is 58.1 Å². The van der Waals surface area contributed by atoms with Crippen LogP contribution in [0.4, 0.5) is 0 Å². The molecule has 0 bridgehead atoms. The van der Waals surface area contributed by atoms with Crippen molar-refractivity contribution in [2.24, 2.45) is 5.10 Å². The molecule has 0 aromatic carbocycles. The highest BCUT2D eigenvalue weighted by Crippen LogP contribution is 2.18. The first kappa shape index (κ1) is 11.9. The van der Waals surface area contributed by atoms with Crippen LogP contribution in [0.2, 0.25) is 0 Å². The van der Waals surface area contributed by atoms with Crippen molar-refractivity contribution >= 4 is 33.6 Å². The Balaban J connectivity index is 2.01. The summed E-state index contributed by atoms with van der Waals surface area (Å²) in [4.78, 5) is 18.9. The van der Waals surface area contributed by atoms with Crippen LogP contribution in [0.1, 0.15) is 11.3 Å². The molecule has 0 radical (unpaired) electrons. The molecule has 3 heterocycles. The number of hydrazone groups is 1. The van der Waals surface area contributed by atoms with E-state index < -0.39 is 0 Å². The molecule has 0 saturated carbocycles. The van der Waals surface area contributed by atoms with Gasteiger partial charge in [-0.05, 0) is 40.2 Å². The predicted molar refractivity (Wildman–Crippen MR) is 75.4 cm³/mol. The Hall–Kier alpha value is -2.21. The number of amides is 1. The Morgan fingerprint density at radius 2 is 2.26 bits per heavy atom. The fourth-order valence-corrected chi connectivity index (χ4v) is 2.18. The molecule has 1 amide bonds. The van der Waals surface area contributed by atoms with Gasteiger partial charge < -0.3 is 4.98 Å². The van der Waals surface area contributed by atoms with E-state index in [0.29, 0.717) is 11.3 Å². The SMILES string of the molecule is O=C1NN=C(c2cccnc2)/C1=C\c1cc(Br)c[nH]1. The Morgan fingerprint density at radius 1 is 1.37 bits per heavy atom. The van der Waals surface area contributed by atoms with Gasteiger partial charge in [0.25, 0.3) is 5.91 Å². The number of halogens is 1. The van der Waals surface area contributed by atoms with Crippen LogP contribution in [0.3, 0.4) is 0 Å². The molecule has 0 atom stereocenters. The van der Waals surface area contributed by atoms with E-state index in [2.05, 4.69) is 36.4 Å². The van der Waals surface area contributed by atoms with Gasteiger partial charge in [0, 0.05) is 34.3 Å². The molecule has 2 aromatic rings. The number of carbonyl (C=O) groups excluding carboxylic acids is 1. The summed E-state index contributed by atoms with van der Waals surface area (Å²) < 4.78 is 0.928. The van der Waals surface area contributed by atoms with E-state index >= 15 is 0 Å². The van der Waals surface area contributed by atoms with E-state index in [1.807, 2.05) is 18.2 Å². The second kappa shape index (κ2) is 4.81. The molecule has 2 N–H and O–H groups in total. The van der Waals surface area contributed by atoms with Crippen LogP contribution in [0.5, 0.6) is 0 Å². The standard InChI is InChI=1S/C13H9BrN4O/c14-9-4-10(16-7-9)5-11-12(17-18-13(11)19)8-2-1-3-15-6-8/h1-7,16H,(H,18,19)/b11-5+. The van der Waals surface area contributed by atoms with Gasteiger partial charge in [-0.1, -0.05) is 0 Å². The smallest absolute Gasteiger partial charge is 0.273 e. The van der Waals surface area contributed by atoms with Crippen LogP contribution in [0.25, 0.3) is 6.08 Å². The van der Waals surface area contributed by atoms with E-state index in [1.54, 1.807) is 24.7 Å². The zero-order valence-corrected chi connectivity index (χ0v) is 11.3. The molecule has 0 saturated heterocycles. The van der Waals surface area contributed by atoms with Crippen molar-refractivity contribution in [2.45, 2.75) is 0 Å². The van der Waals surface area contributed by atoms with Gasteiger partial charge in [-0.15, -0.1) is 0 Å². The molecule has 0 fully saturated rings. The molecule has 3 rings (SSSR count). The third kappa shape index (κ3) is 2.34. The summed E-state index contributed by atoms with van der Waals surface area (Å²) >= 11 is 3.36. The molecule has 6 heteroatoms. The molecule has 0 aliphatic carbocycles. The van der Waals surface area contributed by atoms with E-state index in [4.69, 9.17) is 0 Å². The van der Waals surface area contributed by atoms with Gasteiger partial charge in [0.2, 0.25) is 0 Å². The zero-order valence-electron chi connectivity index (χ0n) is 9.72. The maximum Gasteiger partial charge on any atom is 0.273 e. The monoisotopic (exact) mass is 316 g/mol. The molecule has 0 unspecified atom stereocenters. The van der Waals surface area contributed by atoms with Crippen LogP contribution in [0, 0.1) is 0 Å². The Labute approximate surface area is 117 Å². The largest absolute Gasteiger partial charge is 0.361 e. The number of pyridine rings is 1. The molecular formula is C13H9BrN4O. The lowest BCUT2D eigenvalue weighted by Gasteiger charge is -2.00. The lowest BCUT2D eigenvalue weighted by Crippen LogP contribution is -2.13. The van der Waals surface area contributed by atoms with Crippen molar-refractivity contribution in [1.29, 1.82) is 0 Å². The molecule has 1 aliphatic heterocycles. The maximum atomic E-state index is 11.8. The highest BCUT2D eigenvalue weighted by Gasteiger charge is 2.24. The van der Waals surface area contributed by atoms with Crippen molar-refractivity contribution in [2.75, 3.05) is 0 Å². The zero-order chi connectivity index (χ0) is 13.2. The van der Waals surface area contributed by atoms with Crippen LogP contribution >= 0.6 is 15.9 Å². The van der Waals surface area contributed by atoms with E-state index in [-0.39, 0.29) is 5.91 Å². The third-order valence-corrected chi connectivity index (χ3v) is 3.13. The lowest BCUT2D eigenvalue weighted by atomic mass is 10.0. The number of hydrogen-bond acceptors (Lipinski definition) is 3. The fourth-order valence-electron chi connectivity index (χ4n) is 1.81. The summed E-state index contributed by atoms with van der Waals surface area (Å²) in [5.41, 5.74) is 5.22.